The fourth-order valence-corrected chi connectivity index (χ4v) is 1.49. The first-order valence-electron chi connectivity index (χ1n) is 6.05. The lowest BCUT2D eigenvalue weighted by Gasteiger charge is -2.19. The highest BCUT2D eigenvalue weighted by molar-refractivity contribution is 5.95. The van der Waals surface area contributed by atoms with Gasteiger partial charge < -0.3 is 4.90 Å². The Morgan fingerprint density at radius 3 is 2.00 bits per heavy atom. The van der Waals surface area contributed by atoms with Crippen LogP contribution in [0, 0.1) is 6.92 Å². The van der Waals surface area contributed by atoms with Crippen LogP contribution in [-0.4, -0.2) is 23.9 Å². The normalized spacial score (nSPS) is 8.53. The summed E-state index contributed by atoms with van der Waals surface area (Å²) in [6.07, 6.45) is 0. The predicted molar refractivity (Wildman–Crippen MR) is 76.5 cm³/mol. The molecule has 0 aliphatic heterocycles. The second-order valence-corrected chi connectivity index (χ2v) is 3.29. The van der Waals surface area contributed by atoms with Gasteiger partial charge >= 0.3 is 0 Å². The molecule has 0 aliphatic rings. The Balaban J connectivity index is 0. The highest BCUT2D eigenvalue weighted by atomic mass is 16.2. The van der Waals surface area contributed by atoms with E-state index in [0.29, 0.717) is 0 Å². The summed E-state index contributed by atoms with van der Waals surface area (Å²) >= 11 is 0. The van der Waals surface area contributed by atoms with Crippen molar-refractivity contribution >= 4 is 5.91 Å². The molecular formula is C15H27NO. The van der Waals surface area contributed by atoms with Crippen molar-refractivity contribution in [3.63, 3.8) is 0 Å². The summed E-state index contributed by atoms with van der Waals surface area (Å²) in [6.45, 7) is 11.5. The summed E-state index contributed by atoms with van der Waals surface area (Å²) in [6, 6.07) is 7.71. The van der Waals surface area contributed by atoms with Gasteiger partial charge in [-0.05, 0) is 32.4 Å². The van der Waals surface area contributed by atoms with Crippen LogP contribution in [0.25, 0.3) is 0 Å². The van der Waals surface area contributed by atoms with Crippen molar-refractivity contribution in [2.24, 2.45) is 0 Å². The predicted octanol–water partition coefficient (Wildman–Crippen LogP) is 4.14. The first kappa shape index (κ1) is 18.1. The number of rotatable bonds is 3. The molecule has 0 atom stereocenters. The molecule has 0 aromatic heterocycles. The average Bonchev–Trinajstić information content (AvgIpc) is 2.33. The average molecular weight is 237 g/mol. The standard InChI is InChI=1S/C12H17NO.C2H6.CH4/c1-4-13(5-2)12(14)11-9-7-6-8-10(11)3;1-2;/h6-9H,4-5H2,1-3H3;1-2H3;1H4. The van der Waals surface area contributed by atoms with Crippen molar-refractivity contribution in [3.8, 4) is 0 Å². The third-order valence-electron chi connectivity index (χ3n) is 2.43. The number of hydrogen-bond donors (Lipinski definition) is 0. The van der Waals surface area contributed by atoms with E-state index in [2.05, 4.69) is 0 Å². The number of carbonyl (C=O) groups excluding carboxylic acids is 1. The zero-order chi connectivity index (χ0) is 12.6. The van der Waals surface area contributed by atoms with Gasteiger partial charge in [0.05, 0.1) is 0 Å². The molecule has 98 valence electrons. The molecule has 0 N–H and O–H groups in total. The SMILES string of the molecule is C.CC.CCN(CC)C(=O)c1ccccc1C. The van der Waals surface area contributed by atoms with E-state index >= 15 is 0 Å². The van der Waals surface area contributed by atoms with E-state index in [4.69, 9.17) is 0 Å². The first-order chi connectivity index (χ1) is 7.70. The lowest BCUT2D eigenvalue weighted by atomic mass is 10.1. The molecule has 2 heteroatoms. The molecule has 0 spiro atoms. The van der Waals surface area contributed by atoms with Crippen LogP contribution in [0.1, 0.15) is 51.0 Å². The monoisotopic (exact) mass is 237 g/mol. The second-order valence-electron chi connectivity index (χ2n) is 3.29. The molecule has 0 radical (unpaired) electrons. The van der Waals surface area contributed by atoms with Crippen molar-refractivity contribution < 1.29 is 4.79 Å². The molecule has 0 bridgehead atoms. The maximum Gasteiger partial charge on any atom is 0.254 e. The minimum absolute atomic E-state index is 0. The number of hydrogen-bond acceptors (Lipinski definition) is 1. The Hall–Kier alpha value is -1.31. The fraction of sp³-hybridized carbons (Fsp3) is 0.533. The molecular weight excluding hydrogens is 210 g/mol. The molecule has 2 nitrogen and oxygen atoms in total. The largest absolute Gasteiger partial charge is 0.339 e. The number of aryl methyl sites for hydroxylation is 1. The molecule has 0 aliphatic carbocycles. The number of nitrogens with zero attached hydrogens (tertiary/aromatic N) is 1. The van der Waals surface area contributed by atoms with Gasteiger partial charge in [-0.25, -0.2) is 0 Å². The van der Waals surface area contributed by atoms with Gasteiger partial charge in [0.1, 0.15) is 0 Å². The van der Waals surface area contributed by atoms with Crippen LogP contribution < -0.4 is 0 Å². The Labute approximate surface area is 107 Å². The Morgan fingerprint density at radius 2 is 1.59 bits per heavy atom. The summed E-state index contributed by atoms with van der Waals surface area (Å²) in [5.41, 5.74) is 1.86. The lowest BCUT2D eigenvalue weighted by molar-refractivity contribution is 0.0772. The fourth-order valence-electron chi connectivity index (χ4n) is 1.49. The molecule has 0 heterocycles. The first-order valence-corrected chi connectivity index (χ1v) is 6.05. The highest BCUT2D eigenvalue weighted by Gasteiger charge is 2.13. The Bertz CT molecular complexity index is 316. The number of carbonyl (C=O) groups is 1. The molecule has 1 aromatic carbocycles. The maximum atomic E-state index is 12.0. The van der Waals surface area contributed by atoms with Gasteiger partial charge in [0.15, 0.2) is 0 Å². The van der Waals surface area contributed by atoms with Gasteiger partial charge in [-0.1, -0.05) is 39.5 Å². The van der Waals surface area contributed by atoms with E-state index in [0.717, 1.165) is 24.2 Å². The minimum atomic E-state index is 0. The van der Waals surface area contributed by atoms with Gasteiger partial charge in [-0.3, -0.25) is 4.79 Å². The van der Waals surface area contributed by atoms with Crippen molar-refractivity contribution in [2.45, 2.75) is 42.0 Å². The Kier molecular flexibility index (Phi) is 10.5. The summed E-state index contributed by atoms with van der Waals surface area (Å²) in [5, 5.41) is 0. The lowest BCUT2D eigenvalue weighted by Crippen LogP contribution is -2.30. The third-order valence-corrected chi connectivity index (χ3v) is 2.43. The van der Waals surface area contributed by atoms with E-state index in [1.54, 1.807) is 0 Å². The van der Waals surface area contributed by atoms with Crippen LogP contribution in [0.15, 0.2) is 24.3 Å². The van der Waals surface area contributed by atoms with Crippen LogP contribution in [0.4, 0.5) is 0 Å². The smallest absolute Gasteiger partial charge is 0.254 e. The van der Waals surface area contributed by atoms with E-state index in [9.17, 15) is 4.79 Å². The second kappa shape index (κ2) is 9.88. The molecule has 0 saturated heterocycles. The molecule has 1 rings (SSSR count). The van der Waals surface area contributed by atoms with Gasteiger partial charge in [-0.15, -0.1) is 0 Å². The summed E-state index contributed by atoms with van der Waals surface area (Å²) < 4.78 is 0. The van der Waals surface area contributed by atoms with Crippen LogP contribution in [0.5, 0.6) is 0 Å². The summed E-state index contributed by atoms with van der Waals surface area (Å²) in [5.74, 6) is 0.133. The number of benzene rings is 1. The van der Waals surface area contributed by atoms with Crippen molar-refractivity contribution in [3.05, 3.63) is 35.4 Å². The molecule has 1 amide bonds. The maximum absolute atomic E-state index is 12.0. The molecule has 1 aromatic rings. The summed E-state index contributed by atoms with van der Waals surface area (Å²) in [7, 11) is 0. The van der Waals surface area contributed by atoms with E-state index < -0.39 is 0 Å². The van der Waals surface area contributed by atoms with Gasteiger partial charge in [0.25, 0.3) is 5.91 Å². The quantitative estimate of drug-likeness (QED) is 0.773. The van der Waals surface area contributed by atoms with Gasteiger partial charge in [0.2, 0.25) is 0 Å². The minimum Gasteiger partial charge on any atom is -0.339 e. The molecule has 0 fully saturated rings. The molecule has 0 unspecified atom stereocenters. The van der Waals surface area contributed by atoms with Crippen LogP contribution >= 0.6 is 0 Å². The molecule has 17 heavy (non-hydrogen) atoms. The van der Waals surface area contributed by atoms with Crippen LogP contribution in [0.3, 0.4) is 0 Å². The van der Waals surface area contributed by atoms with Crippen molar-refractivity contribution in [1.29, 1.82) is 0 Å². The van der Waals surface area contributed by atoms with Crippen molar-refractivity contribution in [2.75, 3.05) is 13.1 Å². The third kappa shape index (κ3) is 5.03. The van der Waals surface area contributed by atoms with Crippen LogP contribution in [0.2, 0.25) is 0 Å². The molecule has 0 saturated carbocycles. The zero-order valence-corrected chi connectivity index (χ0v) is 11.1. The topological polar surface area (TPSA) is 20.3 Å². The van der Waals surface area contributed by atoms with E-state index in [1.807, 2.05) is 63.8 Å². The van der Waals surface area contributed by atoms with E-state index in [-0.39, 0.29) is 13.3 Å². The van der Waals surface area contributed by atoms with Gasteiger partial charge in [-0.2, -0.15) is 0 Å². The summed E-state index contributed by atoms with van der Waals surface area (Å²) in [4.78, 5) is 13.8. The highest BCUT2D eigenvalue weighted by Crippen LogP contribution is 2.10. The van der Waals surface area contributed by atoms with Crippen LogP contribution in [-0.2, 0) is 0 Å². The van der Waals surface area contributed by atoms with Crippen molar-refractivity contribution in [1.82, 2.24) is 4.90 Å². The zero-order valence-electron chi connectivity index (χ0n) is 11.1. The van der Waals surface area contributed by atoms with E-state index in [1.165, 1.54) is 0 Å². The Morgan fingerprint density at radius 1 is 1.12 bits per heavy atom. The number of amides is 1. The van der Waals surface area contributed by atoms with Gasteiger partial charge in [0, 0.05) is 18.7 Å².